The second kappa shape index (κ2) is 5.27. The summed E-state index contributed by atoms with van der Waals surface area (Å²) in [6.45, 7) is 1.51. The molecule has 0 radical (unpaired) electrons. The normalized spacial score (nSPS) is 10.1. The summed E-state index contributed by atoms with van der Waals surface area (Å²) in [5.74, 6) is -0.125. The number of amides is 1. The van der Waals surface area contributed by atoms with Crippen LogP contribution >= 0.6 is 0 Å². The maximum atomic E-state index is 11.7. The van der Waals surface area contributed by atoms with Crippen LogP contribution in [0.3, 0.4) is 0 Å². The Morgan fingerprint density at radius 1 is 1.22 bits per heavy atom. The van der Waals surface area contributed by atoms with Gasteiger partial charge >= 0.3 is 0 Å². The molecular weight excluding hydrogens is 230 g/mol. The van der Waals surface area contributed by atoms with Gasteiger partial charge in [-0.25, -0.2) is 0 Å². The minimum atomic E-state index is -0.130. The van der Waals surface area contributed by atoms with Crippen LogP contribution in [-0.2, 0) is 11.2 Å². The zero-order valence-corrected chi connectivity index (χ0v) is 9.93. The lowest BCUT2D eigenvalue weighted by Crippen LogP contribution is -2.14. The number of hydrogen-bond donors (Lipinski definition) is 2. The molecule has 0 spiro atoms. The van der Waals surface area contributed by atoms with Gasteiger partial charge in [-0.3, -0.25) is 14.7 Å². The molecule has 5 heteroatoms. The number of anilines is 1. The number of hydrogen-bond acceptors (Lipinski definition) is 3. The van der Waals surface area contributed by atoms with Crippen LogP contribution in [0.15, 0.2) is 36.5 Å². The van der Waals surface area contributed by atoms with E-state index in [1.165, 1.54) is 6.92 Å². The van der Waals surface area contributed by atoms with Crippen LogP contribution in [-0.4, -0.2) is 21.9 Å². The lowest BCUT2D eigenvalue weighted by Gasteiger charge is -2.04. The predicted octanol–water partition coefficient (Wildman–Crippen LogP) is 1.79. The largest absolute Gasteiger partial charge is 0.326 e. The minimum Gasteiger partial charge on any atom is -0.326 e. The van der Waals surface area contributed by atoms with Gasteiger partial charge in [0, 0.05) is 23.1 Å². The first-order chi connectivity index (χ1) is 8.65. The molecule has 92 valence electrons. The van der Waals surface area contributed by atoms with Crippen LogP contribution in [0.2, 0.25) is 0 Å². The van der Waals surface area contributed by atoms with Crippen LogP contribution in [0.25, 0.3) is 0 Å². The van der Waals surface area contributed by atoms with E-state index in [0.29, 0.717) is 11.3 Å². The van der Waals surface area contributed by atoms with Crippen LogP contribution in [0.5, 0.6) is 0 Å². The van der Waals surface area contributed by atoms with Crippen molar-refractivity contribution in [3.05, 3.63) is 47.8 Å². The number of Topliss-reactive ketones (excluding diaryl/α,β-unsaturated/α-hetero) is 1. The summed E-state index contributed by atoms with van der Waals surface area (Å²) in [5, 5.41) is 9.24. The van der Waals surface area contributed by atoms with Crippen molar-refractivity contribution in [3.8, 4) is 0 Å². The Bertz CT molecular complexity index is 544. The Labute approximate surface area is 104 Å². The molecule has 0 bridgehead atoms. The molecule has 0 aliphatic carbocycles. The van der Waals surface area contributed by atoms with Gasteiger partial charge in [0.05, 0.1) is 6.42 Å². The summed E-state index contributed by atoms with van der Waals surface area (Å²) in [4.78, 5) is 22.8. The Balaban J connectivity index is 1.97. The van der Waals surface area contributed by atoms with Crippen molar-refractivity contribution < 1.29 is 9.59 Å². The number of carbonyl (C=O) groups is 2. The number of nitrogens with one attached hydrogen (secondary N) is 2. The highest BCUT2D eigenvalue weighted by atomic mass is 16.1. The molecule has 0 fully saturated rings. The lowest BCUT2D eigenvalue weighted by molar-refractivity contribution is -0.115. The van der Waals surface area contributed by atoms with E-state index in [4.69, 9.17) is 0 Å². The van der Waals surface area contributed by atoms with E-state index in [2.05, 4.69) is 15.5 Å². The number of H-pyrrole nitrogens is 1. The van der Waals surface area contributed by atoms with Crippen molar-refractivity contribution in [2.75, 3.05) is 5.32 Å². The molecule has 0 aliphatic heterocycles. The van der Waals surface area contributed by atoms with Gasteiger partial charge in [-0.2, -0.15) is 5.10 Å². The highest BCUT2D eigenvalue weighted by Gasteiger charge is 2.05. The molecule has 2 N–H and O–H groups in total. The van der Waals surface area contributed by atoms with Crippen molar-refractivity contribution in [1.29, 1.82) is 0 Å². The molecule has 0 saturated carbocycles. The van der Waals surface area contributed by atoms with E-state index in [9.17, 15) is 9.59 Å². The van der Waals surface area contributed by atoms with Gasteiger partial charge < -0.3 is 5.32 Å². The fourth-order valence-electron chi connectivity index (χ4n) is 1.55. The smallest absolute Gasteiger partial charge is 0.230 e. The first kappa shape index (κ1) is 12.0. The van der Waals surface area contributed by atoms with Crippen LogP contribution < -0.4 is 5.32 Å². The first-order valence-corrected chi connectivity index (χ1v) is 5.54. The Hall–Kier alpha value is -2.43. The molecule has 1 heterocycles. The number of aromatic amines is 1. The van der Waals surface area contributed by atoms with Crippen LogP contribution in [0.1, 0.15) is 23.0 Å². The van der Waals surface area contributed by atoms with Crippen molar-refractivity contribution >= 4 is 17.4 Å². The SMILES string of the molecule is CC(=O)c1ccc(NC(=O)Cc2ccn[nH]2)cc1. The highest BCUT2D eigenvalue weighted by Crippen LogP contribution is 2.10. The molecule has 18 heavy (non-hydrogen) atoms. The zero-order valence-electron chi connectivity index (χ0n) is 9.93. The topological polar surface area (TPSA) is 74.8 Å². The van der Waals surface area contributed by atoms with Gasteiger partial charge in [0.2, 0.25) is 5.91 Å². The molecule has 2 rings (SSSR count). The summed E-state index contributed by atoms with van der Waals surface area (Å²) in [6.07, 6.45) is 1.85. The van der Waals surface area contributed by atoms with Gasteiger partial charge in [0.1, 0.15) is 0 Å². The summed E-state index contributed by atoms with van der Waals surface area (Å²) < 4.78 is 0. The third-order valence-corrected chi connectivity index (χ3v) is 2.48. The Kier molecular flexibility index (Phi) is 3.52. The number of ketones is 1. The van der Waals surface area contributed by atoms with Gasteiger partial charge in [0.15, 0.2) is 5.78 Å². The van der Waals surface area contributed by atoms with Crippen LogP contribution in [0.4, 0.5) is 5.69 Å². The highest BCUT2D eigenvalue weighted by molar-refractivity contribution is 5.95. The van der Waals surface area contributed by atoms with Crippen molar-refractivity contribution in [2.24, 2.45) is 0 Å². The lowest BCUT2D eigenvalue weighted by atomic mass is 10.1. The molecule has 5 nitrogen and oxygen atoms in total. The van der Waals surface area contributed by atoms with E-state index < -0.39 is 0 Å². The minimum absolute atomic E-state index is 0.00494. The average Bonchev–Trinajstić information content (AvgIpc) is 2.82. The van der Waals surface area contributed by atoms with E-state index >= 15 is 0 Å². The summed E-state index contributed by atoms with van der Waals surface area (Å²) in [6, 6.07) is 8.55. The molecule has 1 aromatic carbocycles. The van der Waals surface area contributed by atoms with Gasteiger partial charge in [-0.15, -0.1) is 0 Å². The molecule has 0 saturated heterocycles. The predicted molar refractivity (Wildman–Crippen MR) is 67.4 cm³/mol. The first-order valence-electron chi connectivity index (χ1n) is 5.54. The quantitative estimate of drug-likeness (QED) is 0.804. The number of rotatable bonds is 4. The molecule has 0 aliphatic rings. The Morgan fingerprint density at radius 3 is 2.50 bits per heavy atom. The van der Waals surface area contributed by atoms with Gasteiger partial charge in [0.25, 0.3) is 0 Å². The van der Waals surface area contributed by atoms with E-state index in [-0.39, 0.29) is 18.1 Å². The molecule has 0 unspecified atom stereocenters. The standard InChI is InChI=1S/C13H13N3O2/c1-9(17)10-2-4-11(5-3-10)15-13(18)8-12-6-7-14-16-12/h2-7H,8H2,1H3,(H,14,16)(H,15,18). The number of carbonyl (C=O) groups excluding carboxylic acids is 2. The van der Waals surface area contributed by atoms with Gasteiger partial charge in [-0.1, -0.05) is 0 Å². The maximum Gasteiger partial charge on any atom is 0.230 e. The third kappa shape index (κ3) is 3.04. The van der Waals surface area contributed by atoms with Gasteiger partial charge in [-0.05, 0) is 37.3 Å². The molecule has 0 atom stereocenters. The number of nitrogens with zero attached hydrogens (tertiary/aromatic N) is 1. The summed E-state index contributed by atoms with van der Waals surface area (Å²) in [7, 11) is 0. The van der Waals surface area contributed by atoms with Crippen molar-refractivity contribution in [2.45, 2.75) is 13.3 Å². The Morgan fingerprint density at radius 2 is 1.94 bits per heavy atom. The number of benzene rings is 1. The van der Waals surface area contributed by atoms with Crippen LogP contribution in [0, 0.1) is 0 Å². The summed E-state index contributed by atoms with van der Waals surface area (Å²) in [5.41, 5.74) is 2.05. The zero-order chi connectivity index (χ0) is 13.0. The third-order valence-electron chi connectivity index (χ3n) is 2.48. The maximum absolute atomic E-state index is 11.7. The molecule has 2 aromatic rings. The fourth-order valence-corrected chi connectivity index (χ4v) is 1.55. The average molecular weight is 243 g/mol. The number of aromatic nitrogens is 2. The molecule has 1 amide bonds. The van der Waals surface area contributed by atoms with E-state index in [0.717, 1.165) is 5.69 Å². The second-order valence-corrected chi connectivity index (χ2v) is 3.94. The van der Waals surface area contributed by atoms with Crippen molar-refractivity contribution in [3.63, 3.8) is 0 Å². The molecular formula is C13H13N3O2. The monoisotopic (exact) mass is 243 g/mol. The van der Waals surface area contributed by atoms with E-state index in [1.807, 2.05) is 0 Å². The summed E-state index contributed by atoms with van der Waals surface area (Å²) >= 11 is 0. The second-order valence-electron chi connectivity index (χ2n) is 3.94. The molecule has 1 aromatic heterocycles. The van der Waals surface area contributed by atoms with Crippen molar-refractivity contribution in [1.82, 2.24) is 10.2 Å². The van der Waals surface area contributed by atoms with E-state index in [1.54, 1.807) is 36.5 Å². The fraction of sp³-hybridized carbons (Fsp3) is 0.154.